The Bertz CT molecular complexity index is 1550. The van der Waals surface area contributed by atoms with Crippen LogP contribution in [0.1, 0.15) is 49.5 Å². The summed E-state index contributed by atoms with van der Waals surface area (Å²) in [6.07, 6.45) is 9.15. The molecule has 1 aromatic carbocycles. The minimum Gasteiger partial charge on any atom is -0.322 e. The van der Waals surface area contributed by atoms with Gasteiger partial charge in [0.05, 0.1) is 17.8 Å². The zero-order chi connectivity index (χ0) is 28.0. The first-order valence-corrected chi connectivity index (χ1v) is 14.4. The van der Waals surface area contributed by atoms with Gasteiger partial charge < -0.3 is 15.2 Å². The summed E-state index contributed by atoms with van der Waals surface area (Å²) in [7, 11) is 0. The number of halogens is 3. The number of alkyl halides is 1. The Morgan fingerprint density at radius 2 is 1.80 bits per heavy atom. The van der Waals surface area contributed by atoms with Crippen molar-refractivity contribution in [2.45, 2.75) is 51.1 Å². The lowest BCUT2D eigenvalue weighted by Crippen LogP contribution is -2.45. The maximum atomic E-state index is 15.0. The van der Waals surface area contributed by atoms with E-state index in [4.69, 9.17) is 0 Å². The first kappa shape index (κ1) is 26.3. The molecule has 2 saturated heterocycles. The second-order valence-corrected chi connectivity index (χ2v) is 11.7. The molecule has 41 heavy (non-hydrogen) atoms. The number of aryl methyl sites for hydroxylation is 1. The standard InChI is InChI=1S/C30H33F3N8/c31-15-21-2-4-26-38-28-22(32)13-20(14-24(28)41(21)26)27-23(33)17-36-29(39-27)37-25-3-1-19(16-35-25)18-40-11-7-30(8-12-40)5-9-34-10-6-30/h1,3,13-14,16-17,21,34H,2,4-12,15,18H2,(H,35,36,37,39)/t21-/m0/s1. The molecule has 0 bridgehead atoms. The molecule has 1 spiro atoms. The predicted molar refractivity (Wildman–Crippen MR) is 151 cm³/mol. The third-order valence-electron chi connectivity index (χ3n) is 9.14. The Morgan fingerprint density at radius 1 is 0.976 bits per heavy atom. The second kappa shape index (κ2) is 10.7. The number of pyridine rings is 1. The molecule has 214 valence electrons. The van der Waals surface area contributed by atoms with E-state index in [0.717, 1.165) is 44.5 Å². The summed E-state index contributed by atoms with van der Waals surface area (Å²) in [5.74, 6) is 0.0324. The van der Waals surface area contributed by atoms with Gasteiger partial charge in [-0.3, -0.25) is 4.90 Å². The van der Waals surface area contributed by atoms with Gasteiger partial charge in [-0.2, -0.15) is 0 Å². The van der Waals surface area contributed by atoms with Crippen LogP contribution in [0.15, 0.2) is 36.7 Å². The lowest BCUT2D eigenvalue weighted by molar-refractivity contribution is 0.0701. The van der Waals surface area contributed by atoms with Crippen LogP contribution >= 0.6 is 0 Å². The zero-order valence-electron chi connectivity index (χ0n) is 22.8. The van der Waals surface area contributed by atoms with Crippen molar-refractivity contribution in [1.82, 2.24) is 34.7 Å². The van der Waals surface area contributed by atoms with E-state index in [1.807, 2.05) is 18.3 Å². The summed E-state index contributed by atoms with van der Waals surface area (Å²) in [4.78, 5) is 19.8. The van der Waals surface area contributed by atoms with Gasteiger partial charge in [-0.15, -0.1) is 0 Å². The summed E-state index contributed by atoms with van der Waals surface area (Å²) in [5.41, 5.74) is 2.44. The Balaban J connectivity index is 1.06. The van der Waals surface area contributed by atoms with Crippen LogP contribution in [0, 0.1) is 17.0 Å². The van der Waals surface area contributed by atoms with Gasteiger partial charge in [0.2, 0.25) is 5.95 Å². The minimum absolute atomic E-state index is 0.0538. The molecule has 0 radical (unpaired) electrons. The summed E-state index contributed by atoms with van der Waals surface area (Å²) < 4.78 is 45.2. The van der Waals surface area contributed by atoms with Crippen molar-refractivity contribution in [2.75, 3.05) is 38.2 Å². The van der Waals surface area contributed by atoms with Gasteiger partial charge in [0.15, 0.2) is 11.6 Å². The largest absolute Gasteiger partial charge is 0.322 e. The molecule has 7 rings (SSSR count). The first-order chi connectivity index (χ1) is 20.0. The van der Waals surface area contributed by atoms with Gasteiger partial charge in [0.25, 0.3) is 0 Å². The molecule has 8 nitrogen and oxygen atoms in total. The normalized spacial score (nSPS) is 20.5. The summed E-state index contributed by atoms with van der Waals surface area (Å²) in [6.45, 7) is 4.77. The molecular weight excluding hydrogens is 529 g/mol. The molecule has 6 heterocycles. The third kappa shape index (κ3) is 5.05. The van der Waals surface area contributed by atoms with Crippen molar-refractivity contribution in [3.8, 4) is 11.3 Å². The lowest BCUT2D eigenvalue weighted by Gasteiger charge is -2.44. The number of imidazole rings is 1. The van der Waals surface area contributed by atoms with Crippen molar-refractivity contribution in [3.63, 3.8) is 0 Å². The van der Waals surface area contributed by atoms with Gasteiger partial charge in [0.1, 0.15) is 29.5 Å². The van der Waals surface area contributed by atoms with Gasteiger partial charge in [-0.1, -0.05) is 6.07 Å². The van der Waals surface area contributed by atoms with E-state index in [0.29, 0.717) is 35.4 Å². The van der Waals surface area contributed by atoms with Crippen LogP contribution in [0.25, 0.3) is 22.3 Å². The number of anilines is 2. The van der Waals surface area contributed by atoms with Crippen LogP contribution in [0.3, 0.4) is 0 Å². The zero-order valence-corrected chi connectivity index (χ0v) is 22.8. The van der Waals surface area contributed by atoms with Crippen LogP contribution in [-0.2, 0) is 13.0 Å². The van der Waals surface area contributed by atoms with Crippen molar-refractivity contribution in [2.24, 2.45) is 5.41 Å². The second-order valence-electron chi connectivity index (χ2n) is 11.7. The number of nitrogens with one attached hydrogen (secondary N) is 2. The van der Waals surface area contributed by atoms with Crippen molar-refractivity contribution in [3.05, 3.63) is 59.7 Å². The summed E-state index contributed by atoms with van der Waals surface area (Å²) in [5, 5.41) is 6.51. The van der Waals surface area contributed by atoms with Crippen molar-refractivity contribution >= 4 is 22.8 Å². The van der Waals surface area contributed by atoms with E-state index in [1.165, 1.54) is 31.7 Å². The monoisotopic (exact) mass is 562 g/mol. The molecule has 0 unspecified atom stereocenters. The third-order valence-corrected chi connectivity index (χ3v) is 9.14. The SMILES string of the molecule is FC[C@@H]1CCc2nc3c(F)cc(-c4nc(Nc5ccc(CN6CCC7(CCNCC7)CC6)cn5)ncc4F)cc3n21. The molecule has 0 saturated carbocycles. The van der Waals surface area contributed by atoms with E-state index in [2.05, 4.69) is 35.5 Å². The highest BCUT2D eigenvalue weighted by Gasteiger charge is 2.35. The van der Waals surface area contributed by atoms with Gasteiger partial charge in [0, 0.05) is 24.7 Å². The van der Waals surface area contributed by atoms with Crippen molar-refractivity contribution < 1.29 is 13.2 Å². The van der Waals surface area contributed by atoms with Gasteiger partial charge in [-0.05, 0) is 87.5 Å². The highest BCUT2D eigenvalue weighted by molar-refractivity contribution is 5.83. The molecular formula is C30H33F3N8. The average molecular weight is 563 g/mol. The number of rotatable bonds is 6. The fourth-order valence-electron chi connectivity index (χ4n) is 6.73. The fourth-order valence-corrected chi connectivity index (χ4v) is 6.73. The molecule has 0 aliphatic carbocycles. The Kier molecular flexibility index (Phi) is 6.86. The quantitative estimate of drug-likeness (QED) is 0.329. The van der Waals surface area contributed by atoms with Crippen molar-refractivity contribution in [1.29, 1.82) is 0 Å². The number of benzene rings is 1. The summed E-state index contributed by atoms with van der Waals surface area (Å²) >= 11 is 0. The molecule has 2 N–H and O–H groups in total. The van der Waals surface area contributed by atoms with Crippen LogP contribution in [0.5, 0.6) is 0 Å². The van der Waals surface area contributed by atoms with Crippen LogP contribution in [-0.4, -0.2) is 62.3 Å². The number of likely N-dealkylation sites (tertiary alicyclic amines) is 1. The molecule has 1 atom stereocenters. The number of hydrogen-bond donors (Lipinski definition) is 2. The predicted octanol–water partition coefficient (Wildman–Crippen LogP) is 5.33. The molecule has 3 aromatic heterocycles. The van der Waals surface area contributed by atoms with E-state index >= 15 is 4.39 Å². The Labute approximate surface area is 236 Å². The Morgan fingerprint density at radius 3 is 2.56 bits per heavy atom. The topological polar surface area (TPSA) is 83.8 Å². The maximum Gasteiger partial charge on any atom is 0.229 e. The maximum absolute atomic E-state index is 15.0. The average Bonchev–Trinajstić information content (AvgIpc) is 3.57. The number of piperidine rings is 2. The highest BCUT2D eigenvalue weighted by Crippen LogP contribution is 2.40. The van der Waals surface area contributed by atoms with Crippen LogP contribution in [0.4, 0.5) is 24.9 Å². The first-order valence-electron chi connectivity index (χ1n) is 14.4. The molecule has 3 aliphatic heterocycles. The smallest absolute Gasteiger partial charge is 0.229 e. The fraction of sp³-hybridized carbons (Fsp3) is 0.467. The molecule has 11 heteroatoms. The molecule has 4 aromatic rings. The van der Waals surface area contributed by atoms with Gasteiger partial charge in [-0.25, -0.2) is 33.1 Å². The number of nitrogens with zero attached hydrogens (tertiary/aromatic N) is 6. The Hall–Kier alpha value is -3.57. The molecule has 2 fully saturated rings. The van der Waals surface area contributed by atoms with E-state index < -0.39 is 24.4 Å². The number of hydrogen-bond acceptors (Lipinski definition) is 7. The van der Waals surface area contributed by atoms with Crippen LogP contribution in [0.2, 0.25) is 0 Å². The van der Waals surface area contributed by atoms with E-state index in [-0.39, 0.29) is 22.7 Å². The van der Waals surface area contributed by atoms with Crippen LogP contribution < -0.4 is 10.6 Å². The number of aromatic nitrogens is 5. The molecule has 0 amide bonds. The van der Waals surface area contributed by atoms with E-state index in [9.17, 15) is 8.78 Å². The minimum atomic E-state index is -0.686. The van der Waals surface area contributed by atoms with E-state index in [1.54, 1.807) is 10.6 Å². The molecule has 3 aliphatic rings. The lowest BCUT2D eigenvalue weighted by atomic mass is 9.71. The van der Waals surface area contributed by atoms with Gasteiger partial charge >= 0.3 is 0 Å². The highest BCUT2D eigenvalue weighted by atomic mass is 19.1. The summed E-state index contributed by atoms with van der Waals surface area (Å²) in [6, 6.07) is 6.33. The number of fused-ring (bicyclic) bond motifs is 3.